The largest absolute Gasteiger partial charge is 0.460 e. The molecule has 18 heteroatoms. The number of esters is 1. The molecule has 1 aromatic rings. The molecule has 0 N–H and O–H groups in total. The van der Waals surface area contributed by atoms with Crippen molar-refractivity contribution in [2.45, 2.75) is 126 Å². The lowest BCUT2D eigenvalue weighted by Gasteiger charge is -2.29. The van der Waals surface area contributed by atoms with Crippen LogP contribution in [0.4, 0.5) is 20.2 Å². The highest BCUT2D eigenvalue weighted by molar-refractivity contribution is 6.15. The van der Waals surface area contributed by atoms with Gasteiger partial charge in [0, 0.05) is 12.7 Å². The summed E-state index contributed by atoms with van der Waals surface area (Å²) in [6.07, 6.45) is -1.01. The van der Waals surface area contributed by atoms with E-state index in [1.54, 1.807) is 62.3 Å². The summed E-state index contributed by atoms with van der Waals surface area (Å²) in [5, 5.41) is 0. The third kappa shape index (κ3) is 21.2. The second kappa shape index (κ2) is 22.5. The van der Waals surface area contributed by atoms with E-state index in [0.29, 0.717) is 24.7 Å². The van der Waals surface area contributed by atoms with E-state index in [9.17, 15) is 28.8 Å². The summed E-state index contributed by atoms with van der Waals surface area (Å²) in [4.78, 5) is 89.9. The predicted molar refractivity (Wildman–Crippen MR) is 216 cm³/mol. The van der Waals surface area contributed by atoms with E-state index in [1.165, 1.54) is 17.9 Å². The van der Waals surface area contributed by atoms with Crippen LogP contribution in [0.25, 0.3) is 0 Å². The lowest BCUT2D eigenvalue weighted by Crippen LogP contribution is -2.46. The number of imide groups is 1. The van der Waals surface area contributed by atoms with Gasteiger partial charge in [-0.15, -0.1) is 0 Å². The summed E-state index contributed by atoms with van der Waals surface area (Å²) >= 11 is 0. The maximum Gasteiger partial charge on any atom is 0.434 e. The van der Waals surface area contributed by atoms with Gasteiger partial charge in [-0.3, -0.25) is 14.2 Å². The first kappa shape index (κ1) is 51.3. The van der Waals surface area contributed by atoms with Crippen LogP contribution in [0.1, 0.15) is 102 Å². The summed E-state index contributed by atoms with van der Waals surface area (Å²) in [5.74, 6) is -2.28. The van der Waals surface area contributed by atoms with Gasteiger partial charge in [0.1, 0.15) is 36.5 Å². The number of hydrogen-bond acceptors (Lipinski definition) is 14. The van der Waals surface area contributed by atoms with Crippen LogP contribution in [0.2, 0.25) is 0 Å². The zero-order chi connectivity index (χ0) is 44.6. The molecule has 0 unspecified atom stereocenters. The Morgan fingerprint density at radius 2 is 1.36 bits per heavy atom. The molecule has 1 aromatic heterocycles. The van der Waals surface area contributed by atoms with Crippen molar-refractivity contribution in [2.24, 2.45) is 10.9 Å². The second-order valence-electron chi connectivity index (χ2n) is 17.4. The predicted octanol–water partition coefficient (Wildman–Crippen LogP) is 5.71. The highest BCUT2D eigenvalue weighted by atomic mass is 16.6. The molecule has 0 aliphatic rings. The summed E-state index contributed by atoms with van der Waals surface area (Å²) in [6.45, 7) is 27.3. The molecule has 0 saturated carbocycles. The minimum absolute atomic E-state index is 0.0274. The number of anilines is 1. The molecule has 328 valence electrons. The fourth-order valence-corrected chi connectivity index (χ4v) is 4.56. The Morgan fingerprint density at radius 3 is 1.88 bits per heavy atom. The zero-order valence-electron chi connectivity index (χ0n) is 36.8. The molecule has 1 rings (SSSR count). The van der Waals surface area contributed by atoms with Gasteiger partial charge in [0.05, 0.1) is 49.9 Å². The van der Waals surface area contributed by atoms with Crippen LogP contribution in [0.3, 0.4) is 0 Å². The van der Waals surface area contributed by atoms with Crippen LogP contribution in [0.5, 0.6) is 0 Å². The van der Waals surface area contributed by atoms with Gasteiger partial charge < -0.3 is 38.1 Å². The van der Waals surface area contributed by atoms with Gasteiger partial charge in [-0.05, 0) is 95.9 Å². The standard InChI is InChI=1S/C40H65N5O13/c1-16-17-54-31(47)25-43(22-27(2)26-53-19-18-52-20-21-55-37(4,5)6)30(46)24-44-23-29(28(3)41-34(49)56-38(7,8)9)32(42-33(44)48)45(35(50)57-39(10,11)12)36(51)58-40(13,14)15/h16,23,27H,1,17-22,24-26H2,2-15H3/t27-/m1/s1. The van der Waals surface area contributed by atoms with Gasteiger partial charge in [-0.2, -0.15) is 14.9 Å². The quantitative estimate of drug-likeness (QED) is 0.0573. The van der Waals surface area contributed by atoms with Crippen molar-refractivity contribution in [3.05, 3.63) is 34.9 Å². The minimum Gasteiger partial charge on any atom is -0.460 e. The maximum absolute atomic E-state index is 13.9. The Bertz CT molecular complexity index is 1630. The minimum atomic E-state index is -1.24. The van der Waals surface area contributed by atoms with Crippen LogP contribution in [0.15, 0.2) is 28.6 Å². The zero-order valence-corrected chi connectivity index (χ0v) is 36.8. The first-order valence-electron chi connectivity index (χ1n) is 19.0. The number of amides is 4. The van der Waals surface area contributed by atoms with E-state index < -0.39 is 71.6 Å². The number of aliphatic imine (C=N–C) groups is 1. The van der Waals surface area contributed by atoms with E-state index >= 15 is 0 Å². The van der Waals surface area contributed by atoms with Crippen molar-refractivity contribution < 1.29 is 57.1 Å². The van der Waals surface area contributed by atoms with Gasteiger partial charge in [0.2, 0.25) is 5.91 Å². The highest BCUT2D eigenvalue weighted by Crippen LogP contribution is 2.24. The Kier molecular flexibility index (Phi) is 19.9. The van der Waals surface area contributed by atoms with Crippen molar-refractivity contribution in [1.82, 2.24) is 14.5 Å². The summed E-state index contributed by atoms with van der Waals surface area (Å²) in [6, 6.07) is 0. The SMILES string of the molecule is C=CCOC(=O)CN(C[C@@H](C)COCCOCCOC(C)(C)C)C(=O)Cn1cc(C(C)=NC(=O)OC(C)(C)C)c(N(C(=O)OC(C)(C)C)C(=O)OC(C)(C)C)nc1=O. The molecule has 0 aliphatic heterocycles. The molecule has 58 heavy (non-hydrogen) atoms. The van der Waals surface area contributed by atoms with Gasteiger partial charge in [-0.1, -0.05) is 19.6 Å². The lowest BCUT2D eigenvalue weighted by molar-refractivity contribution is -0.149. The first-order valence-corrected chi connectivity index (χ1v) is 19.0. The first-order chi connectivity index (χ1) is 26.5. The van der Waals surface area contributed by atoms with Crippen LogP contribution in [-0.4, -0.2) is 125 Å². The third-order valence-electron chi connectivity index (χ3n) is 6.79. The summed E-state index contributed by atoms with van der Waals surface area (Å²) < 4.78 is 39.2. The molecule has 0 radical (unpaired) electrons. The van der Waals surface area contributed by atoms with Crippen LogP contribution < -0.4 is 10.6 Å². The third-order valence-corrected chi connectivity index (χ3v) is 6.79. The lowest BCUT2D eigenvalue weighted by atomic mass is 10.1. The Morgan fingerprint density at radius 1 is 0.828 bits per heavy atom. The Labute approximate surface area is 342 Å². The molecule has 0 spiro atoms. The molecule has 1 atom stereocenters. The number of nitrogens with zero attached hydrogens (tertiary/aromatic N) is 5. The average molecular weight is 824 g/mol. The van der Waals surface area contributed by atoms with Crippen LogP contribution in [-0.2, 0) is 49.3 Å². The van der Waals surface area contributed by atoms with Crippen LogP contribution >= 0.6 is 0 Å². The van der Waals surface area contributed by atoms with Crippen LogP contribution in [0, 0.1) is 5.92 Å². The smallest absolute Gasteiger partial charge is 0.434 e. The van der Waals surface area contributed by atoms with Gasteiger partial charge in [0.15, 0.2) is 5.82 Å². The molecule has 0 aliphatic carbocycles. The maximum atomic E-state index is 13.9. The molecular formula is C40H65N5O13. The Hall–Kier alpha value is -4.68. The fourth-order valence-electron chi connectivity index (χ4n) is 4.56. The van der Waals surface area contributed by atoms with Crippen molar-refractivity contribution in [3.8, 4) is 0 Å². The number of ether oxygens (including phenoxy) is 7. The molecule has 0 saturated heterocycles. The Balaban J connectivity index is 3.61. The number of aromatic nitrogens is 2. The topological polar surface area (TPSA) is 204 Å². The number of rotatable bonds is 18. The second-order valence-corrected chi connectivity index (χ2v) is 17.4. The van der Waals surface area contributed by atoms with E-state index in [-0.39, 0.29) is 49.2 Å². The molecule has 0 fully saturated rings. The van der Waals surface area contributed by atoms with E-state index in [2.05, 4.69) is 16.6 Å². The molecule has 0 bridgehead atoms. The molecule has 4 amide bonds. The average Bonchev–Trinajstić information content (AvgIpc) is 3.02. The van der Waals surface area contributed by atoms with E-state index in [4.69, 9.17) is 33.2 Å². The van der Waals surface area contributed by atoms with Crippen molar-refractivity contribution in [3.63, 3.8) is 0 Å². The van der Waals surface area contributed by atoms with Gasteiger partial charge in [-0.25, -0.2) is 19.2 Å². The normalized spacial score (nSPS) is 13.0. The van der Waals surface area contributed by atoms with E-state index in [1.807, 2.05) is 27.7 Å². The fraction of sp³-hybridized carbons (Fsp3) is 0.700. The van der Waals surface area contributed by atoms with E-state index in [0.717, 1.165) is 10.8 Å². The monoisotopic (exact) mass is 823 g/mol. The van der Waals surface area contributed by atoms with Crippen molar-refractivity contribution >= 4 is 41.7 Å². The van der Waals surface area contributed by atoms with Gasteiger partial charge >= 0.3 is 29.9 Å². The van der Waals surface area contributed by atoms with Gasteiger partial charge in [0.25, 0.3) is 0 Å². The van der Waals surface area contributed by atoms with Crippen molar-refractivity contribution in [1.29, 1.82) is 0 Å². The molecule has 1 heterocycles. The molecule has 0 aromatic carbocycles. The summed E-state index contributed by atoms with van der Waals surface area (Å²) in [5.41, 5.74) is -4.82. The molecule has 18 nitrogen and oxygen atoms in total. The van der Waals surface area contributed by atoms with Crippen molar-refractivity contribution in [2.75, 3.05) is 57.6 Å². The number of hydrogen-bond donors (Lipinski definition) is 0. The number of carbonyl (C=O) groups is 5. The number of carbonyl (C=O) groups excluding carboxylic acids is 5. The molecular weight excluding hydrogens is 758 g/mol. The highest BCUT2D eigenvalue weighted by Gasteiger charge is 2.36. The summed E-state index contributed by atoms with van der Waals surface area (Å²) in [7, 11) is 0.